The van der Waals surface area contributed by atoms with Gasteiger partial charge in [0.15, 0.2) is 5.60 Å². The van der Waals surface area contributed by atoms with Gasteiger partial charge in [0.05, 0.1) is 12.8 Å². The standard InChI is InChI=1S/C20H20ClNO3S/c1-20(2,25-17-7-5-16(21)6-8-17)19(23)22(12-15-9-11-26-14-15)13-18-4-3-10-24-18/h3-11,14H,12-13H2,1-2H3. The molecule has 3 rings (SSSR count). The molecule has 0 radical (unpaired) electrons. The first kappa shape index (κ1) is 18.5. The normalized spacial score (nSPS) is 11.3. The van der Waals surface area contributed by atoms with E-state index in [1.54, 1.807) is 60.6 Å². The van der Waals surface area contributed by atoms with E-state index in [9.17, 15) is 4.79 Å². The molecule has 0 bridgehead atoms. The summed E-state index contributed by atoms with van der Waals surface area (Å²) in [4.78, 5) is 15.0. The Balaban J connectivity index is 1.78. The second-order valence-corrected chi connectivity index (χ2v) is 7.65. The number of furan rings is 1. The van der Waals surface area contributed by atoms with Crippen LogP contribution >= 0.6 is 22.9 Å². The predicted molar refractivity (Wildman–Crippen MR) is 103 cm³/mol. The maximum Gasteiger partial charge on any atom is 0.266 e. The summed E-state index contributed by atoms with van der Waals surface area (Å²) in [6, 6.07) is 12.7. The Hall–Kier alpha value is -2.24. The molecule has 0 saturated carbocycles. The molecule has 0 atom stereocenters. The lowest BCUT2D eigenvalue weighted by atomic mass is 10.1. The quantitative estimate of drug-likeness (QED) is 0.544. The summed E-state index contributed by atoms with van der Waals surface area (Å²) < 4.78 is 11.4. The molecule has 0 N–H and O–H groups in total. The average Bonchev–Trinajstić information content (AvgIpc) is 3.29. The maximum absolute atomic E-state index is 13.2. The molecule has 1 aromatic carbocycles. The first-order valence-corrected chi connectivity index (χ1v) is 9.53. The fourth-order valence-electron chi connectivity index (χ4n) is 2.61. The van der Waals surface area contributed by atoms with Gasteiger partial charge >= 0.3 is 0 Å². The number of amides is 1. The van der Waals surface area contributed by atoms with Crippen molar-refractivity contribution < 1.29 is 13.9 Å². The minimum Gasteiger partial charge on any atom is -0.478 e. The van der Waals surface area contributed by atoms with Gasteiger partial charge in [0.25, 0.3) is 5.91 Å². The van der Waals surface area contributed by atoms with Crippen molar-refractivity contribution in [2.24, 2.45) is 0 Å². The van der Waals surface area contributed by atoms with Crippen LogP contribution in [0.1, 0.15) is 25.2 Å². The highest BCUT2D eigenvalue weighted by atomic mass is 35.5. The van der Waals surface area contributed by atoms with E-state index in [4.69, 9.17) is 20.8 Å². The van der Waals surface area contributed by atoms with Crippen molar-refractivity contribution in [1.29, 1.82) is 0 Å². The molecule has 0 unspecified atom stereocenters. The summed E-state index contributed by atoms with van der Waals surface area (Å²) in [5, 5.41) is 4.66. The van der Waals surface area contributed by atoms with Gasteiger partial charge in [-0.1, -0.05) is 11.6 Å². The third-order valence-corrected chi connectivity index (χ3v) is 4.85. The van der Waals surface area contributed by atoms with E-state index in [1.807, 2.05) is 29.0 Å². The number of carbonyl (C=O) groups excluding carboxylic acids is 1. The molecule has 0 aliphatic carbocycles. The van der Waals surface area contributed by atoms with Crippen LogP contribution in [0, 0.1) is 0 Å². The minimum atomic E-state index is -1.03. The van der Waals surface area contributed by atoms with Crippen molar-refractivity contribution in [3.63, 3.8) is 0 Å². The van der Waals surface area contributed by atoms with Gasteiger partial charge in [-0.05, 0) is 72.6 Å². The van der Waals surface area contributed by atoms with Crippen molar-refractivity contribution in [3.05, 3.63) is 75.8 Å². The van der Waals surface area contributed by atoms with E-state index < -0.39 is 5.60 Å². The molecule has 1 amide bonds. The van der Waals surface area contributed by atoms with Gasteiger partial charge in [0, 0.05) is 11.6 Å². The van der Waals surface area contributed by atoms with Crippen molar-refractivity contribution in [2.45, 2.75) is 32.5 Å². The first-order chi connectivity index (χ1) is 12.4. The lowest BCUT2D eigenvalue weighted by Crippen LogP contribution is -2.48. The summed E-state index contributed by atoms with van der Waals surface area (Å²) in [6.45, 7) is 4.42. The molecule has 136 valence electrons. The third kappa shape index (κ3) is 4.68. The zero-order valence-corrected chi connectivity index (χ0v) is 16.2. The van der Waals surface area contributed by atoms with Crippen LogP contribution in [0.2, 0.25) is 5.02 Å². The van der Waals surface area contributed by atoms with Gasteiger partial charge < -0.3 is 14.1 Å². The minimum absolute atomic E-state index is 0.116. The highest BCUT2D eigenvalue weighted by Gasteiger charge is 2.35. The predicted octanol–water partition coefficient (Wildman–Crippen LogP) is 5.38. The van der Waals surface area contributed by atoms with Crippen molar-refractivity contribution in [3.8, 4) is 5.75 Å². The Morgan fingerprint density at radius 3 is 2.58 bits per heavy atom. The Morgan fingerprint density at radius 2 is 1.96 bits per heavy atom. The summed E-state index contributed by atoms with van der Waals surface area (Å²) in [6.07, 6.45) is 1.61. The van der Waals surface area contributed by atoms with Crippen molar-refractivity contribution in [2.75, 3.05) is 0 Å². The first-order valence-electron chi connectivity index (χ1n) is 8.21. The molecule has 2 heterocycles. The SMILES string of the molecule is CC(C)(Oc1ccc(Cl)cc1)C(=O)N(Cc1ccsc1)Cc1ccco1. The van der Waals surface area contributed by atoms with E-state index in [0.717, 1.165) is 11.3 Å². The second-order valence-electron chi connectivity index (χ2n) is 6.44. The van der Waals surface area contributed by atoms with E-state index in [2.05, 4.69) is 0 Å². The van der Waals surface area contributed by atoms with Crippen LogP contribution in [-0.2, 0) is 17.9 Å². The van der Waals surface area contributed by atoms with Crippen LogP contribution in [0.5, 0.6) is 5.75 Å². The molecule has 0 fully saturated rings. The zero-order valence-electron chi connectivity index (χ0n) is 14.6. The smallest absolute Gasteiger partial charge is 0.266 e. The van der Waals surface area contributed by atoms with Gasteiger partial charge in [-0.2, -0.15) is 11.3 Å². The lowest BCUT2D eigenvalue weighted by molar-refractivity contribution is -0.147. The Morgan fingerprint density at radius 1 is 1.19 bits per heavy atom. The monoisotopic (exact) mass is 389 g/mol. The van der Waals surface area contributed by atoms with Crippen LogP contribution < -0.4 is 4.74 Å². The molecule has 6 heteroatoms. The van der Waals surface area contributed by atoms with E-state index in [0.29, 0.717) is 23.9 Å². The highest BCUT2D eigenvalue weighted by Crippen LogP contribution is 2.24. The Labute approximate surface area is 162 Å². The molecule has 0 aliphatic rings. The molecule has 0 aliphatic heterocycles. The second kappa shape index (κ2) is 7.98. The lowest BCUT2D eigenvalue weighted by Gasteiger charge is -2.32. The number of halogens is 1. The van der Waals surface area contributed by atoms with Gasteiger partial charge in [-0.3, -0.25) is 4.79 Å². The third-order valence-electron chi connectivity index (χ3n) is 3.87. The molecule has 0 saturated heterocycles. The number of hydrogen-bond acceptors (Lipinski definition) is 4. The van der Waals surface area contributed by atoms with Crippen molar-refractivity contribution >= 4 is 28.8 Å². The zero-order chi connectivity index (χ0) is 18.6. The molecule has 2 aromatic heterocycles. The van der Waals surface area contributed by atoms with Crippen LogP contribution in [-0.4, -0.2) is 16.4 Å². The van der Waals surface area contributed by atoms with Gasteiger partial charge in [-0.25, -0.2) is 0 Å². The van der Waals surface area contributed by atoms with Gasteiger partial charge in [0.2, 0.25) is 0 Å². The number of hydrogen-bond donors (Lipinski definition) is 0. The summed E-state index contributed by atoms with van der Waals surface area (Å²) in [5.74, 6) is 1.21. The van der Waals surface area contributed by atoms with E-state index in [1.165, 1.54) is 0 Å². The van der Waals surface area contributed by atoms with Crippen LogP contribution in [0.15, 0.2) is 63.9 Å². The number of carbonyl (C=O) groups is 1. The number of rotatable bonds is 7. The Bertz CT molecular complexity index is 790. The fourth-order valence-corrected chi connectivity index (χ4v) is 3.40. The van der Waals surface area contributed by atoms with Crippen molar-refractivity contribution in [1.82, 2.24) is 4.90 Å². The Kier molecular flexibility index (Phi) is 5.69. The van der Waals surface area contributed by atoms with Gasteiger partial charge in [-0.15, -0.1) is 0 Å². The molecule has 0 spiro atoms. The van der Waals surface area contributed by atoms with Crippen LogP contribution in [0.25, 0.3) is 0 Å². The van der Waals surface area contributed by atoms with Gasteiger partial charge in [0.1, 0.15) is 11.5 Å². The number of ether oxygens (including phenoxy) is 1. The van der Waals surface area contributed by atoms with E-state index >= 15 is 0 Å². The summed E-state index contributed by atoms with van der Waals surface area (Å²) in [5.41, 5.74) is 0.0494. The van der Waals surface area contributed by atoms with Crippen LogP contribution in [0.3, 0.4) is 0 Å². The largest absolute Gasteiger partial charge is 0.478 e. The number of benzene rings is 1. The molecular weight excluding hydrogens is 370 g/mol. The van der Waals surface area contributed by atoms with E-state index in [-0.39, 0.29) is 5.91 Å². The molecule has 3 aromatic rings. The maximum atomic E-state index is 13.2. The molecule has 26 heavy (non-hydrogen) atoms. The molecular formula is C20H20ClNO3S. The topological polar surface area (TPSA) is 42.7 Å². The average molecular weight is 390 g/mol. The van der Waals surface area contributed by atoms with Crippen LogP contribution in [0.4, 0.5) is 0 Å². The number of thiophene rings is 1. The summed E-state index contributed by atoms with van der Waals surface area (Å²) >= 11 is 7.52. The molecule has 4 nitrogen and oxygen atoms in total. The highest BCUT2D eigenvalue weighted by molar-refractivity contribution is 7.07. The fraction of sp³-hybridized carbons (Fsp3) is 0.250. The number of nitrogens with zero attached hydrogens (tertiary/aromatic N) is 1. The summed E-state index contributed by atoms with van der Waals surface area (Å²) in [7, 11) is 0.